The summed E-state index contributed by atoms with van der Waals surface area (Å²) in [6.45, 7) is 1.68. The van der Waals surface area contributed by atoms with Crippen LogP contribution in [0, 0.1) is 0 Å². The Morgan fingerprint density at radius 2 is 1.85 bits per heavy atom. The van der Waals surface area contributed by atoms with E-state index in [0.29, 0.717) is 16.7 Å². The molecular formula is C19H15N3O4S. The number of hydrogen-bond donors (Lipinski definition) is 0. The Hall–Kier alpha value is -3.13. The molecule has 0 N–H and O–H groups in total. The highest BCUT2D eigenvalue weighted by Crippen LogP contribution is 2.25. The number of rotatable bonds is 6. The van der Waals surface area contributed by atoms with Gasteiger partial charge in [0.25, 0.3) is 11.1 Å². The van der Waals surface area contributed by atoms with Gasteiger partial charge in [0.2, 0.25) is 5.89 Å². The lowest BCUT2D eigenvalue weighted by atomic mass is 10.2. The molecule has 7 nitrogen and oxygen atoms in total. The first-order chi connectivity index (χ1) is 13.2. The fourth-order valence-electron chi connectivity index (χ4n) is 2.41. The number of hydrogen-bond acceptors (Lipinski definition) is 8. The predicted octanol–water partition coefficient (Wildman–Crippen LogP) is 4.27. The largest absolute Gasteiger partial charge is 0.452 e. The van der Waals surface area contributed by atoms with Crippen LogP contribution in [0.4, 0.5) is 0 Å². The first-order valence-corrected chi connectivity index (χ1v) is 9.24. The van der Waals surface area contributed by atoms with Gasteiger partial charge >= 0.3 is 5.97 Å². The number of aromatic nitrogens is 3. The van der Waals surface area contributed by atoms with Gasteiger partial charge in [-0.1, -0.05) is 42.1 Å². The number of nitrogens with zero attached hydrogens (tertiary/aromatic N) is 3. The van der Waals surface area contributed by atoms with E-state index in [9.17, 15) is 4.79 Å². The van der Waals surface area contributed by atoms with Crippen molar-refractivity contribution in [2.75, 3.05) is 5.75 Å². The van der Waals surface area contributed by atoms with Crippen LogP contribution in [0.15, 0.2) is 68.7 Å². The highest BCUT2D eigenvalue weighted by atomic mass is 32.2. The van der Waals surface area contributed by atoms with E-state index in [1.807, 2.05) is 54.6 Å². The van der Waals surface area contributed by atoms with Crippen LogP contribution >= 0.6 is 11.8 Å². The van der Waals surface area contributed by atoms with Crippen molar-refractivity contribution in [3.05, 3.63) is 60.5 Å². The number of benzene rings is 2. The van der Waals surface area contributed by atoms with Crippen LogP contribution in [0.25, 0.3) is 22.6 Å². The number of thioether (sulfide) groups is 1. The van der Waals surface area contributed by atoms with Crippen LogP contribution in [-0.4, -0.2) is 26.9 Å². The lowest BCUT2D eigenvalue weighted by molar-refractivity contribution is -0.146. The molecule has 0 amide bonds. The lowest BCUT2D eigenvalue weighted by Gasteiger charge is -2.08. The summed E-state index contributed by atoms with van der Waals surface area (Å²) < 4.78 is 16.5. The van der Waals surface area contributed by atoms with Crippen molar-refractivity contribution in [3.8, 4) is 11.5 Å². The third-order valence-corrected chi connectivity index (χ3v) is 4.51. The summed E-state index contributed by atoms with van der Waals surface area (Å²) in [7, 11) is 0. The molecule has 0 aliphatic heterocycles. The zero-order valence-electron chi connectivity index (χ0n) is 14.4. The average molecular weight is 381 g/mol. The molecule has 0 bridgehead atoms. The number of carbonyl (C=O) groups excluding carboxylic acids is 1. The van der Waals surface area contributed by atoms with E-state index in [0.717, 1.165) is 11.1 Å². The SMILES string of the molecule is C[C@@H](OC(=O)CSc1nc2ccccc2o1)c1nnc(-c2ccccc2)o1. The van der Waals surface area contributed by atoms with Crippen molar-refractivity contribution in [2.45, 2.75) is 18.3 Å². The third-order valence-electron chi connectivity index (χ3n) is 3.71. The van der Waals surface area contributed by atoms with E-state index in [-0.39, 0.29) is 11.6 Å². The van der Waals surface area contributed by atoms with Crippen molar-refractivity contribution < 1.29 is 18.4 Å². The summed E-state index contributed by atoms with van der Waals surface area (Å²) in [6, 6.07) is 16.8. The quantitative estimate of drug-likeness (QED) is 0.361. The second-order valence-corrected chi connectivity index (χ2v) is 6.61. The maximum Gasteiger partial charge on any atom is 0.317 e. The van der Waals surface area contributed by atoms with Gasteiger partial charge in [0.1, 0.15) is 11.3 Å². The monoisotopic (exact) mass is 381 g/mol. The normalized spacial score (nSPS) is 12.2. The summed E-state index contributed by atoms with van der Waals surface area (Å²) in [5, 5.41) is 8.38. The van der Waals surface area contributed by atoms with Gasteiger partial charge in [0.05, 0.1) is 0 Å². The molecule has 2 aromatic carbocycles. The van der Waals surface area contributed by atoms with Crippen LogP contribution < -0.4 is 0 Å². The first kappa shape index (κ1) is 17.3. The Kier molecular flexibility index (Phi) is 4.88. The lowest BCUT2D eigenvalue weighted by Crippen LogP contribution is -2.11. The molecule has 136 valence electrons. The van der Waals surface area contributed by atoms with E-state index >= 15 is 0 Å². The van der Waals surface area contributed by atoms with Gasteiger partial charge in [-0.3, -0.25) is 4.79 Å². The average Bonchev–Trinajstić information content (AvgIpc) is 3.34. The van der Waals surface area contributed by atoms with Gasteiger partial charge in [-0.15, -0.1) is 10.2 Å². The molecule has 0 spiro atoms. The van der Waals surface area contributed by atoms with Crippen LogP contribution in [-0.2, 0) is 9.53 Å². The molecule has 4 rings (SSSR count). The van der Waals surface area contributed by atoms with Crippen LogP contribution in [0.3, 0.4) is 0 Å². The van der Waals surface area contributed by atoms with Crippen molar-refractivity contribution in [1.29, 1.82) is 0 Å². The second-order valence-electron chi connectivity index (χ2n) is 5.68. The Morgan fingerprint density at radius 1 is 1.07 bits per heavy atom. The maximum atomic E-state index is 12.1. The van der Waals surface area contributed by atoms with E-state index in [2.05, 4.69) is 15.2 Å². The molecule has 0 fully saturated rings. The van der Waals surface area contributed by atoms with Gasteiger partial charge in [-0.2, -0.15) is 0 Å². The minimum absolute atomic E-state index is 0.0663. The number of carbonyl (C=O) groups is 1. The molecule has 1 atom stereocenters. The topological polar surface area (TPSA) is 91.2 Å². The van der Waals surface area contributed by atoms with Gasteiger partial charge in [0.15, 0.2) is 11.7 Å². The minimum Gasteiger partial charge on any atom is -0.452 e. The van der Waals surface area contributed by atoms with Gasteiger partial charge in [0, 0.05) is 5.56 Å². The molecule has 0 unspecified atom stereocenters. The molecule has 4 aromatic rings. The Bertz CT molecular complexity index is 1030. The van der Waals surface area contributed by atoms with Crippen molar-refractivity contribution in [1.82, 2.24) is 15.2 Å². The molecule has 2 heterocycles. The van der Waals surface area contributed by atoms with Gasteiger partial charge < -0.3 is 13.6 Å². The van der Waals surface area contributed by atoms with Gasteiger partial charge in [-0.25, -0.2) is 4.98 Å². The minimum atomic E-state index is -0.647. The summed E-state index contributed by atoms with van der Waals surface area (Å²) >= 11 is 1.17. The molecule has 0 aliphatic rings. The fourth-order valence-corrected chi connectivity index (χ4v) is 3.03. The predicted molar refractivity (Wildman–Crippen MR) is 99.0 cm³/mol. The number of ether oxygens (including phenoxy) is 1. The van der Waals surface area contributed by atoms with Crippen LogP contribution in [0.5, 0.6) is 0 Å². The summed E-state index contributed by atoms with van der Waals surface area (Å²) in [4.78, 5) is 16.4. The Balaban J connectivity index is 1.34. The van der Waals surface area contributed by atoms with E-state index in [1.165, 1.54) is 11.8 Å². The van der Waals surface area contributed by atoms with Crippen LogP contribution in [0.2, 0.25) is 0 Å². The highest BCUT2D eigenvalue weighted by molar-refractivity contribution is 7.99. The number of oxazole rings is 1. The Morgan fingerprint density at radius 3 is 2.67 bits per heavy atom. The number of esters is 1. The standard InChI is InChI=1S/C19H15N3O4S/c1-12(17-21-22-18(26-17)13-7-3-2-4-8-13)24-16(23)11-27-19-20-14-9-5-6-10-15(14)25-19/h2-10,12H,11H2,1H3/t12-/m1/s1. The van der Waals surface area contributed by atoms with E-state index in [1.54, 1.807) is 6.92 Å². The Labute approximate surface area is 158 Å². The zero-order valence-corrected chi connectivity index (χ0v) is 15.2. The van der Waals surface area contributed by atoms with Crippen molar-refractivity contribution >= 4 is 28.8 Å². The van der Waals surface area contributed by atoms with Crippen molar-refractivity contribution in [3.63, 3.8) is 0 Å². The molecule has 0 radical (unpaired) electrons. The molecule has 27 heavy (non-hydrogen) atoms. The molecule has 0 saturated carbocycles. The number of fused-ring (bicyclic) bond motifs is 1. The zero-order chi connectivity index (χ0) is 18.6. The second kappa shape index (κ2) is 7.63. The highest BCUT2D eigenvalue weighted by Gasteiger charge is 2.19. The molecule has 8 heteroatoms. The van der Waals surface area contributed by atoms with Crippen LogP contribution in [0.1, 0.15) is 18.9 Å². The summed E-state index contributed by atoms with van der Waals surface area (Å²) in [6.07, 6.45) is -0.647. The number of para-hydroxylation sites is 2. The third kappa shape index (κ3) is 4.01. The summed E-state index contributed by atoms with van der Waals surface area (Å²) in [5.41, 5.74) is 2.24. The molecule has 0 saturated heterocycles. The molecular weight excluding hydrogens is 366 g/mol. The first-order valence-electron chi connectivity index (χ1n) is 8.26. The van der Waals surface area contributed by atoms with Gasteiger partial charge in [-0.05, 0) is 31.2 Å². The summed E-state index contributed by atoms with van der Waals surface area (Å²) in [5.74, 6) is 0.272. The van der Waals surface area contributed by atoms with E-state index < -0.39 is 12.1 Å². The maximum absolute atomic E-state index is 12.1. The van der Waals surface area contributed by atoms with E-state index in [4.69, 9.17) is 13.6 Å². The fraction of sp³-hybridized carbons (Fsp3) is 0.158. The smallest absolute Gasteiger partial charge is 0.317 e. The molecule has 2 aromatic heterocycles. The molecule has 0 aliphatic carbocycles. The van der Waals surface area contributed by atoms with Crippen molar-refractivity contribution in [2.24, 2.45) is 0 Å².